The first-order chi connectivity index (χ1) is 8.86. The van der Waals surface area contributed by atoms with Crippen molar-refractivity contribution in [3.05, 3.63) is 11.9 Å². The van der Waals surface area contributed by atoms with Gasteiger partial charge in [-0.3, -0.25) is 4.90 Å². The number of nitrogens with zero attached hydrogens (tertiary/aromatic N) is 3. The molecule has 0 bridgehead atoms. The van der Waals surface area contributed by atoms with Crippen LogP contribution in [0.25, 0.3) is 0 Å². The molecule has 1 aromatic heterocycles. The predicted molar refractivity (Wildman–Crippen MR) is 67.0 cm³/mol. The van der Waals surface area contributed by atoms with E-state index in [-0.39, 0.29) is 0 Å². The number of H-pyrrole nitrogens is 1. The van der Waals surface area contributed by atoms with Gasteiger partial charge in [-0.25, -0.2) is 0 Å². The molecule has 1 aromatic rings. The second kappa shape index (κ2) is 5.34. The molecule has 100 valence electrons. The highest BCUT2D eigenvalue weighted by atomic mass is 16.5. The lowest BCUT2D eigenvalue weighted by Gasteiger charge is -2.38. The molecule has 0 radical (unpaired) electrons. The van der Waals surface area contributed by atoms with Crippen LogP contribution in [-0.2, 0) is 11.3 Å². The Bertz CT molecular complexity index is 361. The minimum Gasteiger partial charge on any atom is -0.379 e. The van der Waals surface area contributed by atoms with E-state index in [1.54, 1.807) is 6.20 Å². The van der Waals surface area contributed by atoms with Crippen molar-refractivity contribution in [2.24, 2.45) is 5.41 Å². The van der Waals surface area contributed by atoms with Crippen LogP contribution >= 0.6 is 0 Å². The number of hydrogen-bond acceptors (Lipinski definition) is 5. The van der Waals surface area contributed by atoms with Crippen LogP contribution in [0.15, 0.2) is 6.20 Å². The largest absolute Gasteiger partial charge is 0.379 e. The van der Waals surface area contributed by atoms with Crippen LogP contribution in [0.5, 0.6) is 0 Å². The molecule has 2 fully saturated rings. The lowest BCUT2D eigenvalue weighted by molar-refractivity contribution is 0.0487. The molecule has 0 aliphatic carbocycles. The van der Waals surface area contributed by atoms with Crippen molar-refractivity contribution in [2.45, 2.75) is 19.4 Å². The van der Waals surface area contributed by atoms with Gasteiger partial charge < -0.3 is 10.1 Å². The summed E-state index contributed by atoms with van der Waals surface area (Å²) in [5, 5.41) is 14.2. The Morgan fingerprint density at radius 3 is 3.28 bits per heavy atom. The van der Waals surface area contributed by atoms with Gasteiger partial charge in [-0.2, -0.15) is 15.4 Å². The summed E-state index contributed by atoms with van der Waals surface area (Å²) in [6, 6.07) is 0. The van der Waals surface area contributed by atoms with Gasteiger partial charge in [0.1, 0.15) is 0 Å². The summed E-state index contributed by atoms with van der Waals surface area (Å²) in [7, 11) is 0. The van der Waals surface area contributed by atoms with Crippen LogP contribution in [0.1, 0.15) is 18.5 Å². The lowest BCUT2D eigenvalue weighted by atomic mass is 9.81. The minimum atomic E-state index is 0.290. The number of ether oxygens (including phenoxy) is 1. The van der Waals surface area contributed by atoms with Crippen molar-refractivity contribution in [2.75, 3.05) is 39.4 Å². The van der Waals surface area contributed by atoms with Gasteiger partial charge in [0.2, 0.25) is 0 Å². The molecule has 0 amide bonds. The normalized spacial score (nSPS) is 30.4. The van der Waals surface area contributed by atoms with E-state index >= 15 is 0 Å². The number of rotatable bonds is 2. The van der Waals surface area contributed by atoms with Crippen LogP contribution in [0.2, 0.25) is 0 Å². The molecule has 0 aromatic carbocycles. The maximum Gasteiger partial charge on any atom is 0.0964 e. The van der Waals surface area contributed by atoms with E-state index in [1.807, 2.05) is 0 Å². The number of aromatic nitrogens is 3. The zero-order valence-corrected chi connectivity index (χ0v) is 10.7. The van der Waals surface area contributed by atoms with Gasteiger partial charge >= 0.3 is 0 Å². The van der Waals surface area contributed by atoms with E-state index in [2.05, 4.69) is 25.6 Å². The van der Waals surface area contributed by atoms with Crippen LogP contribution in [0, 0.1) is 5.41 Å². The average molecular weight is 251 g/mol. The Labute approximate surface area is 107 Å². The Morgan fingerprint density at radius 2 is 2.50 bits per heavy atom. The third kappa shape index (κ3) is 2.71. The summed E-state index contributed by atoms with van der Waals surface area (Å²) in [5.41, 5.74) is 1.30. The summed E-state index contributed by atoms with van der Waals surface area (Å²) in [5.74, 6) is 0. The molecule has 1 spiro atoms. The molecule has 0 unspecified atom stereocenters. The Hall–Kier alpha value is -0.980. The monoisotopic (exact) mass is 251 g/mol. The van der Waals surface area contributed by atoms with Gasteiger partial charge in [0.25, 0.3) is 0 Å². The van der Waals surface area contributed by atoms with E-state index in [0.29, 0.717) is 5.41 Å². The Morgan fingerprint density at radius 1 is 1.50 bits per heavy atom. The van der Waals surface area contributed by atoms with Crippen LogP contribution in [0.3, 0.4) is 0 Å². The first-order valence-corrected chi connectivity index (χ1v) is 6.72. The molecule has 6 heteroatoms. The molecule has 2 aliphatic rings. The number of hydrogen-bond donors (Lipinski definition) is 2. The molecule has 2 N–H and O–H groups in total. The second-order valence-corrected chi connectivity index (χ2v) is 5.50. The van der Waals surface area contributed by atoms with Crippen LogP contribution in [-0.4, -0.2) is 59.7 Å². The van der Waals surface area contributed by atoms with Crippen molar-refractivity contribution in [1.82, 2.24) is 25.6 Å². The predicted octanol–water partition coefficient (Wildman–Crippen LogP) is 0.00670. The van der Waals surface area contributed by atoms with Gasteiger partial charge in [-0.15, -0.1) is 0 Å². The Balaban J connectivity index is 1.66. The molecule has 1 atom stereocenters. The Kier molecular flexibility index (Phi) is 3.58. The summed E-state index contributed by atoms with van der Waals surface area (Å²) < 4.78 is 5.81. The van der Waals surface area contributed by atoms with Crippen molar-refractivity contribution < 1.29 is 4.74 Å². The molecular weight excluding hydrogens is 230 g/mol. The first-order valence-electron chi connectivity index (χ1n) is 6.72. The molecule has 3 heterocycles. The van der Waals surface area contributed by atoms with E-state index in [9.17, 15) is 0 Å². The van der Waals surface area contributed by atoms with Gasteiger partial charge in [0.05, 0.1) is 25.1 Å². The van der Waals surface area contributed by atoms with E-state index in [0.717, 1.165) is 51.6 Å². The highest BCUT2D eigenvalue weighted by Gasteiger charge is 2.36. The van der Waals surface area contributed by atoms with Gasteiger partial charge in [0, 0.05) is 31.6 Å². The maximum absolute atomic E-state index is 5.81. The first kappa shape index (κ1) is 12.1. The summed E-state index contributed by atoms with van der Waals surface area (Å²) in [6.45, 7) is 6.85. The number of nitrogens with one attached hydrogen (secondary N) is 2. The summed E-state index contributed by atoms with van der Waals surface area (Å²) >= 11 is 0. The second-order valence-electron chi connectivity index (χ2n) is 5.50. The third-order valence-corrected chi connectivity index (χ3v) is 3.93. The molecule has 2 saturated heterocycles. The van der Waals surface area contributed by atoms with Gasteiger partial charge in [-0.05, 0) is 19.4 Å². The van der Waals surface area contributed by atoms with Crippen LogP contribution in [0.4, 0.5) is 0 Å². The van der Waals surface area contributed by atoms with Crippen LogP contribution < -0.4 is 5.32 Å². The van der Waals surface area contributed by atoms with Crippen molar-refractivity contribution in [1.29, 1.82) is 0 Å². The summed E-state index contributed by atoms with van der Waals surface area (Å²) in [6.07, 6.45) is 4.31. The van der Waals surface area contributed by atoms with Gasteiger partial charge in [0.15, 0.2) is 0 Å². The quantitative estimate of drug-likeness (QED) is 0.775. The topological polar surface area (TPSA) is 66.1 Å². The zero-order chi connectivity index (χ0) is 12.3. The zero-order valence-electron chi connectivity index (χ0n) is 10.7. The molecule has 3 rings (SSSR count). The van der Waals surface area contributed by atoms with E-state index in [4.69, 9.17) is 4.74 Å². The molecular formula is C12H21N5O. The van der Waals surface area contributed by atoms with Gasteiger partial charge in [-0.1, -0.05) is 0 Å². The smallest absolute Gasteiger partial charge is 0.0964 e. The minimum absolute atomic E-state index is 0.290. The highest BCUT2D eigenvalue weighted by molar-refractivity contribution is 4.94. The van der Waals surface area contributed by atoms with Crippen molar-refractivity contribution >= 4 is 0 Å². The summed E-state index contributed by atoms with van der Waals surface area (Å²) in [4.78, 5) is 2.44. The van der Waals surface area contributed by atoms with E-state index < -0.39 is 0 Å². The van der Waals surface area contributed by atoms with E-state index in [1.165, 1.54) is 12.8 Å². The SMILES string of the molecule is c1n[nH]nc1CN1CCOC[C@@]2(CCCNC2)C1. The number of piperidine rings is 1. The van der Waals surface area contributed by atoms with Crippen molar-refractivity contribution in [3.8, 4) is 0 Å². The standard InChI is InChI=1S/C12H21N5O/c1-2-12(8-13-3-1)9-17(4-5-18-10-12)7-11-6-14-16-15-11/h6,13H,1-5,7-10H2,(H,14,15,16)/t12-/m1/s1. The fourth-order valence-electron chi connectivity index (χ4n) is 3.04. The molecule has 6 nitrogen and oxygen atoms in total. The van der Waals surface area contributed by atoms with Crippen molar-refractivity contribution in [3.63, 3.8) is 0 Å². The average Bonchev–Trinajstić information content (AvgIpc) is 2.81. The fraction of sp³-hybridized carbons (Fsp3) is 0.833. The number of aromatic amines is 1. The maximum atomic E-state index is 5.81. The third-order valence-electron chi connectivity index (χ3n) is 3.93. The molecule has 18 heavy (non-hydrogen) atoms. The molecule has 0 saturated carbocycles. The highest BCUT2D eigenvalue weighted by Crippen LogP contribution is 2.29. The fourth-order valence-corrected chi connectivity index (χ4v) is 3.04. The molecule has 2 aliphatic heterocycles. The lowest BCUT2D eigenvalue weighted by Crippen LogP contribution is -2.48.